The zero-order valence-electron chi connectivity index (χ0n) is 17.5. The van der Waals surface area contributed by atoms with Gasteiger partial charge in [-0.2, -0.15) is 0 Å². The molecule has 0 spiro atoms. The molecule has 1 fully saturated rings. The van der Waals surface area contributed by atoms with Gasteiger partial charge in [0, 0.05) is 41.9 Å². The van der Waals surface area contributed by atoms with Crippen LogP contribution in [0.3, 0.4) is 0 Å². The van der Waals surface area contributed by atoms with Crippen LogP contribution in [0.1, 0.15) is 16.8 Å². The summed E-state index contributed by atoms with van der Waals surface area (Å²) in [6, 6.07) is 9.56. The maximum absolute atomic E-state index is 14.7. The number of nitrogens with zero attached hydrogens (tertiary/aromatic N) is 1. The molecule has 2 aromatic carbocycles. The zero-order valence-corrected chi connectivity index (χ0v) is 18.2. The van der Waals surface area contributed by atoms with Gasteiger partial charge in [-0.3, -0.25) is 9.59 Å². The standard InChI is InChI=1S/C23H22ClFN4O4/c24-16-4-6-17(7-5-16)26-22(33)28-23(12-15(23)13-30)21(32)27-19-8-3-14(11-18(19)25)20(31)29-9-1-2-10-29/h1-8,11,15,30H,9-10,12-13H2,(H,27,32)(H2,26,28,33)/t15-,23-/m1/s1. The van der Waals surface area contributed by atoms with Gasteiger partial charge in [0.15, 0.2) is 0 Å². The predicted molar refractivity (Wildman–Crippen MR) is 122 cm³/mol. The van der Waals surface area contributed by atoms with Crippen molar-refractivity contribution in [3.05, 3.63) is 71.0 Å². The second-order valence-electron chi connectivity index (χ2n) is 7.97. The monoisotopic (exact) mass is 472 g/mol. The number of anilines is 2. The van der Waals surface area contributed by atoms with E-state index in [1.807, 2.05) is 12.2 Å². The summed E-state index contributed by atoms with van der Waals surface area (Å²) >= 11 is 5.83. The van der Waals surface area contributed by atoms with E-state index in [9.17, 15) is 23.9 Å². The molecule has 0 unspecified atom stereocenters. The van der Waals surface area contributed by atoms with E-state index in [1.54, 1.807) is 29.2 Å². The molecule has 2 aliphatic rings. The first-order valence-corrected chi connectivity index (χ1v) is 10.7. The largest absolute Gasteiger partial charge is 0.396 e. The average molecular weight is 473 g/mol. The third-order valence-corrected chi connectivity index (χ3v) is 5.99. The highest BCUT2D eigenvalue weighted by Gasteiger charge is 2.61. The SMILES string of the molecule is O=C(Nc1ccc(Cl)cc1)N[C@]1(C(=O)Nc2ccc(C(=O)N3CC=CC3)cc2F)C[C@@H]1CO. The van der Waals surface area contributed by atoms with E-state index < -0.39 is 29.2 Å². The molecule has 4 N–H and O–H groups in total. The number of halogens is 2. The molecule has 0 bridgehead atoms. The summed E-state index contributed by atoms with van der Waals surface area (Å²) in [6.07, 6.45) is 3.90. The lowest BCUT2D eigenvalue weighted by molar-refractivity contribution is -0.119. The van der Waals surface area contributed by atoms with Crippen molar-refractivity contribution in [2.45, 2.75) is 12.0 Å². The van der Waals surface area contributed by atoms with Crippen molar-refractivity contribution in [1.29, 1.82) is 0 Å². The van der Waals surface area contributed by atoms with Crippen LogP contribution in [0.25, 0.3) is 0 Å². The van der Waals surface area contributed by atoms with Gasteiger partial charge in [0.1, 0.15) is 11.4 Å². The van der Waals surface area contributed by atoms with E-state index in [2.05, 4.69) is 16.0 Å². The molecule has 172 valence electrons. The van der Waals surface area contributed by atoms with Crippen molar-refractivity contribution >= 4 is 40.8 Å². The molecule has 2 atom stereocenters. The molecule has 8 nitrogen and oxygen atoms in total. The molecule has 0 saturated heterocycles. The van der Waals surface area contributed by atoms with Crippen molar-refractivity contribution in [3.8, 4) is 0 Å². The van der Waals surface area contributed by atoms with Crippen LogP contribution in [0.4, 0.5) is 20.6 Å². The number of aliphatic hydroxyl groups excluding tert-OH is 1. The van der Waals surface area contributed by atoms with Gasteiger partial charge in [-0.05, 0) is 48.9 Å². The van der Waals surface area contributed by atoms with Gasteiger partial charge in [0.2, 0.25) is 0 Å². The van der Waals surface area contributed by atoms with E-state index >= 15 is 0 Å². The van der Waals surface area contributed by atoms with Crippen LogP contribution in [0.2, 0.25) is 5.02 Å². The number of urea groups is 1. The number of aliphatic hydroxyl groups is 1. The normalized spacial score (nSPS) is 20.9. The van der Waals surface area contributed by atoms with E-state index in [0.29, 0.717) is 23.8 Å². The van der Waals surface area contributed by atoms with Crippen molar-refractivity contribution < 1.29 is 23.9 Å². The number of hydrogen-bond acceptors (Lipinski definition) is 4. The van der Waals surface area contributed by atoms with E-state index in [-0.39, 0.29) is 30.2 Å². The molecule has 10 heteroatoms. The summed E-state index contributed by atoms with van der Waals surface area (Å²) < 4.78 is 14.7. The molecule has 0 radical (unpaired) electrons. The first-order chi connectivity index (χ1) is 15.8. The van der Waals surface area contributed by atoms with Crippen LogP contribution >= 0.6 is 11.6 Å². The Labute approximate surface area is 194 Å². The molecule has 4 rings (SSSR count). The lowest BCUT2D eigenvalue weighted by Gasteiger charge is -2.20. The Morgan fingerprint density at radius 3 is 2.39 bits per heavy atom. The van der Waals surface area contributed by atoms with Crippen LogP contribution in [-0.2, 0) is 4.79 Å². The number of nitrogens with one attached hydrogen (secondary N) is 3. The minimum atomic E-state index is -1.38. The summed E-state index contributed by atoms with van der Waals surface area (Å²) in [5.41, 5.74) is -0.871. The van der Waals surface area contributed by atoms with Gasteiger partial charge in [-0.15, -0.1) is 0 Å². The van der Waals surface area contributed by atoms with Crippen molar-refractivity contribution in [1.82, 2.24) is 10.2 Å². The maximum Gasteiger partial charge on any atom is 0.320 e. The molecule has 1 aliphatic heterocycles. The second-order valence-corrected chi connectivity index (χ2v) is 8.41. The van der Waals surface area contributed by atoms with Crippen molar-refractivity contribution in [2.24, 2.45) is 5.92 Å². The molecule has 1 aliphatic carbocycles. The lowest BCUT2D eigenvalue weighted by Crippen LogP contribution is -2.49. The van der Waals surface area contributed by atoms with Crippen LogP contribution in [0.5, 0.6) is 0 Å². The van der Waals surface area contributed by atoms with Gasteiger partial charge < -0.3 is 26.0 Å². The fraction of sp³-hybridized carbons (Fsp3) is 0.261. The maximum atomic E-state index is 14.7. The predicted octanol–water partition coefficient (Wildman–Crippen LogP) is 3.00. The Morgan fingerprint density at radius 2 is 1.79 bits per heavy atom. The first kappa shape index (κ1) is 22.8. The molecule has 1 saturated carbocycles. The summed E-state index contributed by atoms with van der Waals surface area (Å²) in [5.74, 6) is -2.26. The van der Waals surface area contributed by atoms with Crippen LogP contribution < -0.4 is 16.0 Å². The molecule has 1 heterocycles. The number of amides is 4. The van der Waals surface area contributed by atoms with Crippen LogP contribution in [-0.4, -0.2) is 53.1 Å². The number of carbonyl (C=O) groups excluding carboxylic acids is 3. The summed E-state index contributed by atoms with van der Waals surface area (Å²) in [6.45, 7) is 0.607. The Kier molecular flexibility index (Phi) is 6.35. The highest BCUT2D eigenvalue weighted by molar-refractivity contribution is 6.30. The molecule has 33 heavy (non-hydrogen) atoms. The molecule has 0 aromatic heterocycles. The summed E-state index contributed by atoms with van der Waals surface area (Å²) in [5, 5.41) is 17.7. The van der Waals surface area contributed by atoms with Crippen molar-refractivity contribution in [3.63, 3.8) is 0 Å². The summed E-state index contributed by atoms with van der Waals surface area (Å²) in [4.78, 5) is 39.4. The highest BCUT2D eigenvalue weighted by Crippen LogP contribution is 2.44. The Balaban J connectivity index is 1.43. The summed E-state index contributed by atoms with van der Waals surface area (Å²) in [7, 11) is 0. The van der Waals surface area contributed by atoms with Crippen LogP contribution in [0.15, 0.2) is 54.6 Å². The molecule has 4 amide bonds. The minimum Gasteiger partial charge on any atom is -0.396 e. The van der Waals surface area contributed by atoms with Crippen molar-refractivity contribution in [2.75, 3.05) is 30.3 Å². The van der Waals surface area contributed by atoms with E-state index in [0.717, 1.165) is 6.07 Å². The lowest BCUT2D eigenvalue weighted by atomic mass is 10.1. The van der Waals surface area contributed by atoms with Gasteiger partial charge in [0.05, 0.1) is 5.69 Å². The number of benzene rings is 2. The quantitative estimate of drug-likeness (QED) is 0.484. The van der Waals surface area contributed by atoms with E-state index in [4.69, 9.17) is 11.6 Å². The topological polar surface area (TPSA) is 111 Å². The smallest absolute Gasteiger partial charge is 0.320 e. The molecular weight excluding hydrogens is 451 g/mol. The van der Waals surface area contributed by atoms with E-state index in [1.165, 1.54) is 12.1 Å². The van der Waals surface area contributed by atoms with Gasteiger partial charge in [-0.1, -0.05) is 23.8 Å². The number of rotatable bonds is 6. The van der Waals surface area contributed by atoms with Gasteiger partial charge in [-0.25, -0.2) is 9.18 Å². The number of carbonyl (C=O) groups is 3. The third kappa shape index (κ3) is 4.84. The fourth-order valence-corrected chi connectivity index (χ4v) is 3.87. The fourth-order valence-electron chi connectivity index (χ4n) is 3.75. The van der Waals surface area contributed by atoms with Crippen LogP contribution in [0, 0.1) is 11.7 Å². The third-order valence-electron chi connectivity index (χ3n) is 5.74. The Morgan fingerprint density at radius 1 is 1.09 bits per heavy atom. The van der Waals surface area contributed by atoms with Gasteiger partial charge in [0.25, 0.3) is 11.8 Å². The molecular formula is C23H22ClFN4O4. The second kappa shape index (κ2) is 9.21. The Bertz CT molecular complexity index is 1120. The number of hydrogen-bond donors (Lipinski definition) is 4. The molecule has 2 aromatic rings. The minimum absolute atomic E-state index is 0.126. The van der Waals surface area contributed by atoms with Gasteiger partial charge >= 0.3 is 6.03 Å². The Hall–Kier alpha value is -3.43. The first-order valence-electron chi connectivity index (χ1n) is 10.3. The highest BCUT2D eigenvalue weighted by atomic mass is 35.5. The zero-order chi connectivity index (χ0) is 23.6. The average Bonchev–Trinajstić information content (AvgIpc) is 3.23.